The van der Waals surface area contributed by atoms with Gasteiger partial charge in [-0.25, -0.2) is 0 Å². The van der Waals surface area contributed by atoms with E-state index in [1.807, 2.05) is 0 Å². The molecule has 0 bridgehead atoms. The summed E-state index contributed by atoms with van der Waals surface area (Å²) in [7, 11) is 0. The highest BCUT2D eigenvalue weighted by molar-refractivity contribution is 5.05. The molecule has 1 aliphatic rings. The minimum atomic E-state index is 1.09. The number of allylic oxidation sites excluding steroid dienone is 1. The Hall–Kier alpha value is -0.660. The highest BCUT2D eigenvalue weighted by Gasteiger charge is 2.15. The normalized spacial score (nSPS) is 17.5. The summed E-state index contributed by atoms with van der Waals surface area (Å²) in [4.78, 5) is 4.77. The Kier molecular flexibility index (Phi) is 2.80. The van der Waals surface area contributed by atoms with E-state index >= 15 is 0 Å². The number of nitrogens with zero attached hydrogens (tertiary/aromatic N) is 2. The van der Waals surface area contributed by atoms with Gasteiger partial charge >= 0.3 is 0 Å². The monoisotopic (exact) mass is 154 g/mol. The van der Waals surface area contributed by atoms with Gasteiger partial charge in [0.1, 0.15) is 0 Å². The Labute approximate surface area is 69.5 Å². The van der Waals surface area contributed by atoms with Crippen molar-refractivity contribution in [3.8, 4) is 0 Å². The standard InChI is InChI=1S/C9H18N2/c1-4-9-7-10(5-2)8-11(9)6-3/h7H,4-6,8H2,1-3H3. The van der Waals surface area contributed by atoms with E-state index < -0.39 is 0 Å². The van der Waals surface area contributed by atoms with Crippen LogP contribution in [0.25, 0.3) is 0 Å². The molecule has 64 valence electrons. The van der Waals surface area contributed by atoms with Crippen molar-refractivity contribution < 1.29 is 0 Å². The molecule has 0 unspecified atom stereocenters. The van der Waals surface area contributed by atoms with Gasteiger partial charge in [0, 0.05) is 25.0 Å². The molecule has 0 amide bonds. The van der Waals surface area contributed by atoms with Crippen LogP contribution in [0.4, 0.5) is 0 Å². The molecule has 0 spiro atoms. The van der Waals surface area contributed by atoms with Crippen molar-refractivity contribution in [3.05, 3.63) is 11.9 Å². The van der Waals surface area contributed by atoms with Gasteiger partial charge in [0.2, 0.25) is 0 Å². The Morgan fingerprint density at radius 3 is 2.36 bits per heavy atom. The molecule has 2 nitrogen and oxygen atoms in total. The summed E-state index contributed by atoms with van der Waals surface area (Å²) in [5.74, 6) is 0. The van der Waals surface area contributed by atoms with E-state index in [0.29, 0.717) is 0 Å². The zero-order chi connectivity index (χ0) is 8.27. The van der Waals surface area contributed by atoms with Crippen LogP contribution in [0.15, 0.2) is 11.9 Å². The van der Waals surface area contributed by atoms with Gasteiger partial charge in [-0.15, -0.1) is 0 Å². The van der Waals surface area contributed by atoms with Crippen molar-refractivity contribution in [2.45, 2.75) is 27.2 Å². The topological polar surface area (TPSA) is 6.48 Å². The largest absolute Gasteiger partial charge is 0.359 e. The lowest BCUT2D eigenvalue weighted by molar-refractivity contribution is 0.268. The van der Waals surface area contributed by atoms with Crippen LogP contribution in [-0.2, 0) is 0 Å². The first-order valence-electron chi connectivity index (χ1n) is 4.51. The second-order valence-corrected chi connectivity index (χ2v) is 2.88. The summed E-state index contributed by atoms with van der Waals surface area (Å²) in [6, 6.07) is 0. The van der Waals surface area contributed by atoms with Crippen LogP contribution in [0.3, 0.4) is 0 Å². The molecular formula is C9H18N2. The maximum Gasteiger partial charge on any atom is 0.0895 e. The quantitative estimate of drug-likeness (QED) is 0.612. The first-order valence-corrected chi connectivity index (χ1v) is 4.51. The minimum Gasteiger partial charge on any atom is -0.359 e. The van der Waals surface area contributed by atoms with Gasteiger partial charge in [-0.3, -0.25) is 0 Å². The van der Waals surface area contributed by atoms with E-state index in [1.54, 1.807) is 0 Å². The summed E-state index contributed by atoms with van der Waals surface area (Å²) in [5, 5.41) is 0. The van der Waals surface area contributed by atoms with Gasteiger partial charge in [0.25, 0.3) is 0 Å². The van der Waals surface area contributed by atoms with E-state index in [9.17, 15) is 0 Å². The van der Waals surface area contributed by atoms with E-state index in [-0.39, 0.29) is 0 Å². The summed E-state index contributed by atoms with van der Waals surface area (Å²) in [5.41, 5.74) is 1.48. The Bertz CT molecular complexity index is 152. The van der Waals surface area contributed by atoms with Gasteiger partial charge in [0.15, 0.2) is 0 Å². The van der Waals surface area contributed by atoms with Gasteiger partial charge < -0.3 is 9.80 Å². The highest BCUT2D eigenvalue weighted by Crippen LogP contribution is 2.17. The molecule has 0 N–H and O–H groups in total. The predicted octanol–water partition coefficient (Wildman–Crippen LogP) is 1.85. The van der Waals surface area contributed by atoms with Gasteiger partial charge in [-0.1, -0.05) is 6.92 Å². The second-order valence-electron chi connectivity index (χ2n) is 2.88. The van der Waals surface area contributed by atoms with Crippen LogP contribution in [0, 0.1) is 0 Å². The van der Waals surface area contributed by atoms with Crippen molar-refractivity contribution >= 4 is 0 Å². The van der Waals surface area contributed by atoms with Crippen molar-refractivity contribution in [1.82, 2.24) is 9.80 Å². The first kappa shape index (κ1) is 8.44. The average molecular weight is 154 g/mol. The molecule has 0 fully saturated rings. The molecule has 1 heterocycles. The minimum absolute atomic E-state index is 1.09. The summed E-state index contributed by atoms with van der Waals surface area (Å²) in [6.45, 7) is 9.98. The molecular weight excluding hydrogens is 136 g/mol. The van der Waals surface area contributed by atoms with Crippen molar-refractivity contribution in [1.29, 1.82) is 0 Å². The molecule has 0 saturated heterocycles. The maximum atomic E-state index is 2.42. The van der Waals surface area contributed by atoms with Crippen LogP contribution >= 0.6 is 0 Å². The average Bonchev–Trinajstić information content (AvgIpc) is 2.46. The smallest absolute Gasteiger partial charge is 0.0895 e. The van der Waals surface area contributed by atoms with Crippen molar-refractivity contribution in [2.24, 2.45) is 0 Å². The zero-order valence-corrected chi connectivity index (χ0v) is 7.80. The number of hydrogen-bond acceptors (Lipinski definition) is 2. The Balaban J connectivity index is 2.55. The van der Waals surface area contributed by atoms with Gasteiger partial charge in [-0.2, -0.15) is 0 Å². The van der Waals surface area contributed by atoms with Crippen molar-refractivity contribution in [2.75, 3.05) is 19.8 Å². The molecule has 0 aromatic carbocycles. The summed E-state index contributed by atoms with van der Waals surface area (Å²) < 4.78 is 0. The third-order valence-corrected chi connectivity index (χ3v) is 2.24. The lowest BCUT2D eigenvalue weighted by atomic mass is 10.3. The fourth-order valence-corrected chi connectivity index (χ4v) is 1.45. The van der Waals surface area contributed by atoms with E-state index in [4.69, 9.17) is 0 Å². The van der Waals surface area contributed by atoms with Gasteiger partial charge in [0.05, 0.1) is 6.67 Å². The lowest BCUT2D eigenvalue weighted by Crippen LogP contribution is -2.26. The molecule has 1 aliphatic heterocycles. The Morgan fingerprint density at radius 1 is 1.27 bits per heavy atom. The molecule has 0 aromatic heterocycles. The SMILES string of the molecule is CCC1=CN(CC)CN1CC. The third-order valence-electron chi connectivity index (χ3n) is 2.24. The molecule has 0 radical (unpaired) electrons. The van der Waals surface area contributed by atoms with Crippen LogP contribution in [-0.4, -0.2) is 29.6 Å². The lowest BCUT2D eigenvalue weighted by Gasteiger charge is -2.20. The zero-order valence-electron chi connectivity index (χ0n) is 7.80. The molecule has 11 heavy (non-hydrogen) atoms. The van der Waals surface area contributed by atoms with Crippen molar-refractivity contribution in [3.63, 3.8) is 0 Å². The summed E-state index contributed by atoms with van der Waals surface area (Å²) >= 11 is 0. The highest BCUT2D eigenvalue weighted by atomic mass is 15.3. The third kappa shape index (κ3) is 1.67. The van der Waals surface area contributed by atoms with E-state index in [0.717, 1.165) is 26.2 Å². The maximum absolute atomic E-state index is 2.42. The Morgan fingerprint density at radius 2 is 2.00 bits per heavy atom. The van der Waals surface area contributed by atoms with Crippen LogP contribution in [0.5, 0.6) is 0 Å². The first-order chi connectivity index (χ1) is 5.31. The number of hydrogen-bond donors (Lipinski definition) is 0. The molecule has 0 atom stereocenters. The summed E-state index contributed by atoms with van der Waals surface area (Å²) in [6.07, 6.45) is 3.44. The van der Waals surface area contributed by atoms with Crippen LogP contribution in [0.1, 0.15) is 27.2 Å². The molecule has 0 saturated carbocycles. The van der Waals surface area contributed by atoms with Crippen LogP contribution in [0.2, 0.25) is 0 Å². The predicted molar refractivity (Wildman–Crippen MR) is 48.0 cm³/mol. The molecule has 1 rings (SSSR count). The fraction of sp³-hybridized carbons (Fsp3) is 0.778. The molecule has 0 aromatic rings. The molecule has 2 heteroatoms. The van der Waals surface area contributed by atoms with E-state index in [1.165, 1.54) is 5.70 Å². The second kappa shape index (κ2) is 3.65. The van der Waals surface area contributed by atoms with Crippen LogP contribution < -0.4 is 0 Å². The van der Waals surface area contributed by atoms with Gasteiger partial charge in [-0.05, 0) is 20.3 Å². The molecule has 0 aliphatic carbocycles. The number of rotatable bonds is 3. The fourth-order valence-electron chi connectivity index (χ4n) is 1.45. The van der Waals surface area contributed by atoms with E-state index in [2.05, 4.69) is 36.8 Å².